The van der Waals surface area contributed by atoms with Crippen molar-refractivity contribution in [1.29, 1.82) is 0 Å². The summed E-state index contributed by atoms with van der Waals surface area (Å²) in [6.45, 7) is 9.46. The van der Waals surface area contributed by atoms with Crippen LogP contribution in [0.25, 0.3) is 0 Å². The molecular weight excluding hydrogens is 332 g/mol. The van der Waals surface area contributed by atoms with Gasteiger partial charge in [0.1, 0.15) is 0 Å². The van der Waals surface area contributed by atoms with Crippen molar-refractivity contribution in [3.63, 3.8) is 0 Å². The summed E-state index contributed by atoms with van der Waals surface area (Å²) < 4.78 is 0. The Balaban J connectivity index is 1.71. The molecule has 0 atom stereocenters. The first-order valence-electron chi connectivity index (χ1n) is 9.72. The normalized spacial score (nSPS) is 19.5. The minimum absolute atomic E-state index is 0.0571. The van der Waals surface area contributed by atoms with Crippen LogP contribution in [0.1, 0.15) is 46.5 Å². The van der Waals surface area contributed by atoms with E-state index in [4.69, 9.17) is 0 Å². The molecule has 0 aromatic carbocycles. The highest BCUT2D eigenvalue weighted by Gasteiger charge is 2.30. The highest BCUT2D eigenvalue weighted by Crippen LogP contribution is 2.22. The molecule has 7 nitrogen and oxygen atoms in total. The molecule has 2 rings (SSSR count). The molecule has 0 aliphatic carbocycles. The third-order valence-corrected chi connectivity index (χ3v) is 5.03. The van der Waals surface area contributed by atoms with Crippen molar-refractivity contribution in [1.82, 2.24) is 20.0 Å². The number of carbonyl (C=O) groups is 3. The number of nitrogens with one attached hydrogen (secondary N) is 1. The van der Waals surface area contributed by atoms with E-state index in [1.807, 2.05) is 25.7 Å². The zero-order valence-electron chi connectivity index (χ0n) is 16.7. The fourth-order valence-corrected chi connectivity index (χ4v) is 3.61. The van der Waals surface area contributed by atoms with Crippen molar-refractivity contribution >= 4 is 17.7 Å². The summed E-state index contributed by atoms with van der Waals surface area (Å²) in [5.41, 5.74) is -0.301. The molecule has 0 unspecified atom stereocenters. The summed E-state index contributed by atoms with van der Waals surface area (Å²) in [4.78, 5) is 42.3. The van der Waals surface area contributed by atoms with Crippen molar-refractivity contribution in [2.24, 2.45) is 5.92 Å². The average Bonchev–Trinajstić information content (AvgIpc) is 3.07. The second-order valence-electron chi connectivity index (χ2n) is 8.63. The van der Waals surface area contributed by atoms with Gasteiger partial charge in [0.05, 0.1) is 13.1 Å². The van der Waals surface area contributed by atoms with Crippen LogP contribution in [0.4, 0.5) is 0 Å². The van der Waals surface area contributed by atoms with Crippen molar-refractivity contribution in [2.45, 2.75) is 52.0 Å². The largest absolute Gasteiger partial charge is 0.350 e. The Morgan fingerprint density at radius 1 is 1.04 bits per heavy atom. The van der Waals surface area contributed by atoms with E-state index in [-0.39, 0.29) is 29.8 Å². The summed E-state index contributed by atoms with van der Waals surface area (Å²) in [6.07, 6.45) is 3.87. The standard InChI is InChI=1S/C19H34N4O3/c1-19(2,3)20-16(24)13-21(4)17(25)14-22-11-7-15(8-12-22)18(26)23-9-5-6-10-23/h15H,5-14H2,1-4H3,(H,20,24). The van der Waals surface area contributed by atoms with Crippen molar-refractivity contribution in [3.8, 4) is 0 Å². The molecule has 0 saturated carbocycles. The van der Waals surface area contributed by atoms with Crippen LogP contribution >= 0.6 is 0 Å². The molecular formula is C19H34N4O3. The smallest absolute Gasteiger partial charge is 0.240 e. The van der Waals surface area contributed by atoms with Crippen LogP contribution in [0, 0.1) is 5.92 Å². The van der Waals surface area contributed by atoms with Gasteiger partial charge >= 0.3 is 0 Å². The van der Waals surface area contributed by atoms with Crippen LogP contribution in [-0.4, -0.2) is 84.3 Å². The van der Waals surface area contributed by atoms with E-state index in [9.17, 15) is 14.4 Å². The maximum Gasteiger partial charge on any atom is 0.240 e. The van der Waals surface area contributed by atoms with Crippen molar-refractivity contribution in [2.75, 3.05) is 46.3 Å². The van der Waals surface area contributed by atoms with Gasteiger partial charge < -0.3 is 15.1 Å². The van der Waals surface area contributed by atoms with Gasteiger partial charge in [0.25, 0.3) is 0 Å². The van der Waals surface area contributed by atoms with E-state index in [1.165, 1.54) is 4.90 Å². The van der Waals surface area contributed by atoms with Gasteiger partial charge in [0, 0.05) is 31.6 Å². The van der Waals surface area contributed by atoms with Crippen molar-refractivity contribution in [3.05, 3.63) is 0 Å². The van der Waals surface area contributed by atoms with Crippen LogP contribution in [0.15, 0.2) is 0 Å². The Bertz CT molecular complexity index is 515. The lowest BCUT2D eigenvalue weighted by molar-refractivity contribution is -0.138. The van der Waals surface area contributed by atoms with E-state index in [0.717, 1.165) is 51.9 Å². The molecule has 2 fully saturated rings. The van der Waals surface area contributed by atoms with Gasteiger partial charge in [-0.15, -0.1) is 0 Å². The maximum absolute atomic E-state index is 12.5. The molecule has 26 heavy (non-hydrogen) atoms. The maximum atomic E-state index is 12.5. The summed E-state index contributed by atoms with van der Waals surface area (Å²) in [6, 6.07) is 0. The second kappa shape index (κ2) is 8.84. The SMILES string of the molecule is CN(CC(=O)NC(C)(C)C)C(=O)CN1CCC(C(=O)N2CCCC2)CC1. The third-order valence-electron chi connectivity index (χ3n) is 5.03. The van der Waals surface area contributed by atoms with Crippen LogP contribution in [0.5, 0.6) is 0 Å². The molecule has 2 saturated heterocycles. The van der Waals surface area contributed by atoms with Gasteiger partial charge in [-0.25, -0.2) is 0 Å². The number of likely N-dealkylation sites (tertiary alicyclic amines) is 2. The molecule has 1 N–H and O–H groups in total. The molecule has 0 spiro atoms. The highest BCUT2D eigenvalue weighted by molar-refractivity contribution is 5.85. The summed E-state index contributed by atoms with van der Waals surface area (Å²) >= 11 is 0. The van der Waals surface area contributed by atoms with Crippen molar-refractivity contribution < 1.29 is 14.4 Å². The minimum Gasteiger partial charge on any atom is -0.350 e. The lowest BCUT2D eigenvalue weighted by Gasteiger charge is -2.33. The number of rotatable bonds is 5. The Hall–Kier alpha value is -1.63. The number of amides is 3. The minimum atomic E-state index is -0.301. The van der Waals surface area contributed by atoms with Crippen LogP contribution in [0.2, 0.25) is 0 Å². The molecule has 7 heteroatoms. The zero-order valence-corrected chi connectivity index (χ0v) is 16.7. The number of nitrogens with zero attached hydrogens (tertiary/aromatic N) is 3. The molecule has 2 aliphatic rings. The van der Waals surface area contributed by atoms with Crippen LogP contribution < -0.4 is 5.32 Å². The summed E-state index contributed by atoms with van der Waals surface area (Å²) in [7, 11) is 1.66. The summed E-state index contributed by atoms with van der Waals surface area (Å²) in [5.74, 6) is 0.195. The molecule has 3 amide bonds. The molecule has 2 aliphatic heterocycles. The fraction of sp³-hybridized carbons (Fsp3) is 0.842. The van der Waals surface area contributed by atoms with Crippen LogP contribution in [-0.2, 0) is 14.4 Å². The number of likely N-dealkylation sites (N-methyl/N-ethyl adjacent to an activating group) is 1. The Morgan fingerprint density at radius 3 is 2.15 bits per heavy atom. The van der Waals surface area contributed by atoms with E-state index < -0.39 is 0 Å². The Labute approximate surface area is 157 Å². The monoisotopic (exact) mass is 366 g/mol. The highest BCUT2D eigenvalue weighted by atomic mass is 16.2. The quantitative estimate of drug-likeness (QED) is 0.777. The number of carbonyl (C=O) groups excluding carboxylic acids is 3. The fourth-order valence-electron chi connectivity index (χ4n) is 3.61. The van der Waals surface area contributed by atoms with Gasteiger partial charge in [0.15, 0.2) is 0 Å². The van der Waals surface area contributed by atoms with Crippen LogP contribution in [0.3, 0.4) is 0 Å². The predicted molar refractivity (Wildman–Crippen MR) is 101 cm³/mol. The molecule has 0 radical (unpaired) electrons. The van der Waals surface area contributed by atoms with Gasteiger partial charge in [-0.3, -0.25) is 19.3 Å². The molecule has 2 heterocycles. The number of hydrogen-bond acceptors (Lipinski definition) is 4. The van der Waals surface area contributed by atoms with E-state index in [2.05, 4.69) is 10.2 Å². The molecule has 148 valence electrons. The average molecular weight is 367 g/mol. The first-order chi connectivity index (χ1) is 12.2. The molecule has 0 aromatic heterocycles. The van der Waals surface area contributed by atoms with E-state index >= 15 is 0 Å². The van der Waals surface area contributed by atoms with Gasteiger partial charge in [-0.05, 0) is 59.5 Å². The second-order valence-corrected chi connectivity index (χ2v) is 8.63. The molecule has 0 bridgehead atoms. The van der Waals surface area contributed by atoms with Gasteiger partial charge in [-0.2, -0.15) is 0 Å². The molecule has 0 aromatic rings. The Kier molecular flexibility index (Phi) is 7.03. The first kappa shape index (κ1) is 20.7. The first-order valence-corrected chi connectivity index (χ1v) is 9.72. The predicted octanol–water partition coefficient (Wildman–Crippen LogP) is 0.694. The summed E-state index contributed by atoms with van der Waals surface area (Å²) in [5, 5.41) is 2.86. The third kappa shape index (κ3) is 6.27. The lowest BCUT2D eigenvalue weighted by Crippen LogP contribution is -2.49. The lowest BCUT2D eigenvalue weighted by atomic mass is 9.95. The van der Waals surface area contributed by atoms with Gasteiger partial charge in [0.2, 0.25) is 17.7 Å². The zero-order chi connectivity index (χ0) is 19.3. The van der Waals surface area contributed by atoms with E-state index in [0.29, 0.717) is 12.5 Å². The topological polar surface area (TPSA) is 73.0 Å². The Morgan fingerprint density at radius 2 is 1.62 bits per heavy atom. The number of piperidine rings is 1. The number of hydrogen-bond donors (Lipinski definition) is 1. The van der Waals surface area contributed by atoms with E-state index in [1.54, 1.807) is 7.05 Å². The van der Waals surface area contributed by atoms with Gasteiger partial charge in [-0.1, -0.05) is 0 Å².